The van der Waals surface area contributed by atoms with E-state index >= 15 is 0 Å². The van der Waals surface area contributed by atoms with Crippen LogP contribution in [0.15, 0.2) is 77.7 Å². The average Bonchev–Trinajstić information content (AvgIpc) is 3.70. The number of anilines is 4. The lowest BCUT2D eigenvalue weighted by Gasteiger charge is -2.41. The quantitative estimate of drug-likeness (QED) is 0.136. The van der Waals surface area contributed by atoms with Gasteiger partial charge >= 0.3 is 17.8 Å². The molecule has 2 aliphatic rings. The number of halogens is 1. The molecule has 2 fully saturated rings. The molecule has 2 saturated heterocycles. The Balaban J connectivity index is 0.901. The number of nitrogens with zero attached hydrogens (tertiary/aromatic N) is 8. The predicted molar refractivity (Wildman–Crippen MR) is 218 cm³/mol. The Labute approximate surface area is 336 Å². The number of amides is 4. The highest BCUT2D eigenvalue weighted by atomic mass is 35.5. The molecule has 7 rings (SSSR count). The minimum Gasteiger partial charge on any atom is -0.365 e. The number of pyridine rings is 1. The first kappa shape index (κ1) is 39.3. The molecular weight excluding hydrogens is 746 g/mol. The second kappa shape index (κ2) is 16.7. The van der Waals surface area contributed by atoms with E-state index in [1.54, 1.807) is 4.90 Å². The number of aromatic nitrogens is 5. The minimum atomic E-state index is -0.476. The van der Waals surface area contributed by atoms with Crippen molar-refractivity contribution in [3.05, 3.63) is 101 Å². The number of carbonyl (C=O) groups excluding carboxylic acids is 3. The lowest BCUT2D eigenvalue weighted by atomic mass is 9.96. The van der Waals surface area contributed by atoms with Crippen molar-refractivity contribution in [2.75, 3.05) is 47.8 Å². The van der Waals surface area contributed by atoms with Crippen molar-refractivity contribution in [1.82, 2.24) is 40.6 Å². The van der Waals surface area contributed by atoms with Gasteiger partial charge in [0.2, 0.25) is 5.91 Å². The van der Waals surface area contributed by atoms with Crippen molar-refractivity contribution >= 4 is 52.5 Å². The van der Waals surface area contributed by atoms with E-state index in [1.807, 2.05) is 76.4 Å². The Hall–Kier alpha value is -5.93. The van der Waals surface area contributed by atoms with E-state index in [2.05, 4.69) is 71.0 Å². The number of imide groups is 1. The zero-order valence-corrected chi connectivity index (χ0v) is 33.4. The van der Waals surface area contributed by atoms with Crippen LogP contribution in [0.25, 0.3) is 11.3 Å². The molecule has 57 heavy (non-hydrogen) atoms. The van der Waals surface area contributed by atoms with E-state index in [0.717, 1.165) is 55.1 Å². The van der Waals surface area contributed by atoms with Gasteiger partial charge in [0, 0.05) is 72.9 Å². The summed E-state index contributed by atoms with van der Waals surface area (Å²) in [5, 5.41) is 12.9. The summed E-state index contributed by atoms with van der Waals surface area (Å²) in [6, 6.07) is 19.0. The standard InChI is InChI=1S/C41H46ClN11O4/c1-25-23-51(16-14-27-6-9-29(10-7-27)53-17-15-36(54)48-40(53)56)18-19-52(25)30-11-13-34(43-22-30)47-35-21-33(44-24-45-35)28-8-12-31(32(42)20-28)26(2)46-37(55)38-49-39(50-57-38)41(3,4)5/h6-13,20-22,24-26H,14-19,23H2,1-5H3,(H,46,55)(H,48,54,56)(H,43,44,45,47)/t25-,26+/m0/s1. The zero-order chi connectivity index (χ0) is 40.3. The molecule has 2 aromatic carbocycles. The van der Waals surface area contributed by atoms with E-state index in [-0.39, 0.29) is 23.2 Å². The smallest absolute Gasteiger partial charge is 0.328 e. The van der Waals surface area contributed by atoms with E-state index < -0.39 is 11.9 Å². The molecule has 0 aliphatic carbocycles. The maximum atomic E-state index is 12.8. The molecule has 3 aromatic heterocycles. The average molecular weight is 792 g/mol. The monoisotopic (exact) mass is 791 g/mol. The molecule has 0 bridgehead atoms. The van der Waals surface area contributed by atoms with Crippen molar-refractivity contribution in [3.63, 3.8) is 0 Å². The molecule has 0 spiro atoms. The van der Waals surface area contributed by atoms with Gasteiger partial charge in [-0.25, -0.2) is 19.7 Å². The van der Waals surface area contributed by atoms with E-state index in [9.17, 15) is 14.4 Å². The van der Waals surface area contributed by atoms with Crippen LogP contribution >= 0.6 is 11.6 Å². The molecule has 296 valence electrons. The first-order chi connectivity index (χ1) is 27.3. The van der Waals surface area contributed by atoms with Gasteiger partial charge in [0.15, 0.2) is 5.82 Å². The first-order valence-corrected chi connectivity index (χ1v) is 19.4. The second-order valence-corrected chi connectivity index (χ2v) is 15.8. The summed E-state index contributed by atoms with van der Waals surface area (Å²) >= 11 is 6.71. The molecule has 15 nitrogen and oxygen atoms in total. The van der Waals surface area contributed by atoms with Gasteiger partial charge in [0.05, 0.1) is 23.6 Å². The van der Waals surface area contributed by atoms with Crippen LogP contribution in [0.3, 0.4) is 0 Å². The molecule has 2 atom stereocenters. The lowest BCUT2D eigenvalue weighted by molar-refractivity contribution is -0.120. The van der Waals surface area contributed by atoms with Crippen LogP contribution in [-0.2, 0) is 16.6 Å². The molecule has 2 aliphatic heterocycles. The van der Waals surface area contributed by atoms with Gasteiger partial charge in [0.1, 0.15) is 18.0 Å². The van der Waals surface area contributed by atoms with Crippen molar-refractivity contribution in [3.8, 4) is 11.3 Å². The topological polar surface area (TPSA) is 175 Å². The maximum Gasteiger partial charge on any atom is 0.328 e. The number of nitrogens with one attached hydrogen (secondary N) is 3. The molecule has 0 radical (unpaired) electrons. The van der Waals surface area contributed by atoms with Gasteiger partial charge in [-0.1, -0.05) is 61.8 Å². The van der Waals surface area contributed by atoms with E-state index in [1.165, 1.54) is 11.9 Å². The summed E-state index contributed by atoms with van der Waals surface area (Å²) in [4.78, 5) is 60.7. The van der Waals surface area contributed by atoms with Crippen LogP contribution in [0, 0.1) is 0 Å². The Morgan fingerprint density at radius 2 is 1.77 bits per heavy atom. The van der Waals surface area contributed by atoms with Gasteiger partial charge < -0.3 is 20.1 Å². The van der Waals surface area contributed by atoms with E-state index in [4.69, 9.17) is 21.1 Å². The summed E-state index contributed by atoms with van der Waals surface area (Å²) in [5.74, 6) is 0.888. The van der Waals surface area contributed by atoms with Crippen molar-refractivity contribution in [2.24, 2.45) is 0 Å². The largest absolute Gasteiger partial charge is 0.365 e. The molecule has 16 heteroatoms. The van der Waals surface area contributed by atoms with Gasteiger partial charge in [-0.2, -0.15) is 4.98 Å². The second-order valence-electron chi connectivity index (χ2n) is 15.4. The Morgan fingerprint density at radius 1 is 0.982 bits per heavy atom. The lowest BCUT2D eigenvalue weighted by Crippen LogP contribution is -2.52. The van der Waals surface area contributed by atoms with Gasteiger partial charge in [-0.15, -0.1) is 0 Å². The van der Waals surface area contributed by atoms with Crippen LogP contribution in [0.1, 0.15) is 74.7 Å². The third-order valence-corrected chi connectivity index (χ3v) is 10.5. The minimum absolute atomic E-state index is 0.0984. The fraction of sp³-hybridized carbons (Fsp3) is 0.366. The van der Waals surface area contributed by atoms with Crippen LogP contribution in [0.4, 0.5) is 27.8 Å². The van der Waals surface area contributed by atoms with Crippen LogP contribution in [0.2, 0.25) is 5.02 Å². The summed E-state index contributed by atoms with van der Waals surface area (Å²) in [6.07, 6.45) is 4.59. The van der Waals surface area contributed by atoms with Crippen molar-refractivity contribution in [1.29, 1.82) is 0 Å². The summed E-state index contributed by atoms with van der Waals surface area (Å²) in [7, 11) is 0. The van der Waals surface area contributed by atoms with Crippen LogP contribution in [-0.4, -0.2) is 86.6 Å². The van der Waals surface area contributed by atoms with Crippen LogP contribution in [0.5, 0.6) is 0 Å². The third-order valence-electron chi connectivity index (χ3n) is 10.1. The molecule has 5 aromatic rings. The van der Waals surface area contributed by atoms with Crippen LogP contribution < -0.4 is 25.8 Å². The number of urea groups is 1. The normalized spacial score (nSPS) is 17.0. The molecule has 5 heterocycles. The molecular formula is C41H46ClN11O4. The Bertz CT molecular complexity index is 2240. The summed E-state index contributed by atoms with van der Waals surface area (Å²) in [6.45, 7) is 14.0. The fourth-order valence-electron chi connectivity index (χ4n) is 6.90. The Kier molecular flexibility index (Phi) is 11.5. The SMILES string of the molecule is C[C@@H](NC(=O)c1nc(C(C)(C)C)no1)c1ccc(-c2cc(Nc3ccc(N4CCN(CCc5ccc(N6CCC(=O)NC6=O)cc5)C[C@@H]4C)cn3)ncn2)cc1Cl. The molecule has 0 saturated carbocycles. The molecule has 0 unspecified atom stereocenters. The molecule has 3 N–H and O–H groups in total. The Morgan fingerprint density at radius 3 is 2.46 bits per heavy atom. The zero-order valence-electron chi connectivity index (χ0n) is 32.6. The van der Waals surface area contributed by atoms with Crippen molar-refractivity contribution < 1.29 is 18.9 Å². The van der Waals surface area contributed by atoms with E-state index in [0.29, 0.717) is 47.2 Å². The summed E-state index contributed by atoms with van der Waals surface area (Å²) in [5.41, 5.74) is 4.90. The third kappa shape index (κ3) is 9.38. The maximum absolute atomic E-state index is 12.8. The van der Waals surface area contributed by atoms with Crippen molar-refractivity contribution in [2.45, 2.75) is 65.0 Å². The molecule has 4 amide bonds. The van der Waals surface area contributed by atoms with Gasteiger partial charge in [-0.05, 0) is 61.7 Å². The highest BCUT2D eigenvalue weighted by molar-refractivity contribution is 6.31. The number of hydrogen-bond donors (Lipinski definition) is 3. The highest BCUT2D eigenvalue weighted by Crippen LogP contribution is 2.30. The summed E-state index contributed by atoms with van der Waals surface area (Å²) < 4.78 is 5.18. The number of hydrogen-bond acceptors (Lipinski definition) is 12. The number of benzene rings is 2. The highest BCUT2D eigenvalue weighted by Gasteiger charge is 2.27. The van der Waals surface area contributed by atoms with Gasteiger partial charge in [0.25, 0.3) is 0 Å². The number of piperazine rings is 1. The predicted octanol–water partition coefficient (Wildman–Crippen LogP) is 6.31. The number of carbonyl (C=O) groups is 3. The van der Waals surface area contributed by atoms with Gasteiger partial charge in [-0.3, -0.25) is 24.7 Å². The number of rotatable bonds is 11. The first-order valence-electron chi connectivity index (χ1n) is 19.0. The fourth-order valence-corrected chi connectivity index (χ4v) is 7.24.